The van der Waals surface area contributed by atoms with Crippen LogP contribution in [0.5, 0.6) is 0 Å². The first-order valence-electron chi connectivity index (χ1n) is 7.37. The molecular weight excluding hydrogens is 338 g/mol. The molecule has 1 rings (SSSR count). The first-order valence-corrected chi connectivity index (χ1v) is 9.32. The number of aromatic carboxylic acids is 1. The van der Waals surface area contributed by atoms with Crippen molar-refractivity contribution in [3.8, 4) is 0 Å². The molecule has 24 heavy (non-hydrogen) atoms. The lowest BCUT2D eigenvalue weighted by molar-refractivity contribution is 0.0643. The van der Waals surface area contributed by atoms with E-state index in [2.05, 4.69) is 4.72 Å². The number of anilines is 1. The average Bonchev–Trinajstić information content (AvgIpc) is 2.46. The number of carbonyl (C=O) groups excluding carboxylic acids is 1. The van der Waals surface area contributed by atoms with Crippen molar-refractivity contribution in [2.45, 2.75) is 26.7 Å². The summed E-state index contributed by atoms with van der Waals surface area (Å²) in [5.74, 6) is -3.04. The van der Waals surface area contributed by atoms with Crippen LogP contribution in [-0.2, 0) is 0 Å². The highest BCUT2D eigenvalue weighted by molar-refractivity contribution is 8.24. The molecule has 0 atom stereocenters. The van der Waals surface area contributed by atoms with E-state index in [-0.39, 0.29) is 11.0 Å². The smallest absolute Gasteiger partial charge is 0.371 e. The van der Waals surface area contributed by atoms with Crippen LogP contribution >= 0.6 is 10.8 Å². The van der Waals surface area contributed by atoms with Gasteiger partial charge in [0.2, 0.25) is 11.5 Å². The van der Waals surface area contributed by atoms with E-state index in [0.29, 0.717) is 25.9 Å². The number of carboxylic acid groups (broad SMARTS) is 1. The van der Waals surface area contributed by atoms with Crippen molar-refractivity contribution in [1.29, 1.82) is 5.41 Å². The van der Waals surface area contributed by atoms with E-state index >= 15 is 0 Å². The standard InChI is InChI=1S/C14H23N3O6S/c1-4-6-17(7-5-2)13(18)12-11(16-24(3,21)22)9(15)8-10(23-12)14(19)20/h8,15-16,21-22H,4-7H2,1-3H3,(H,19,20). The first-order chi connectivity index (χ1) is 11.1. The van der Waals surface area contributed by atoms with Crippen molar-refractivity contribution in [2.75, 3.05) is 24.1 Å². The van der Waals surface area contributed by atoms with Crippen LogP contribution in [-0.4, -0.2) is 50.3 Å². The van der Waals surface area contributed by atoms with Gasteiger partial charge < -0.3 is 14.4 Å². The zero-order valence-corrected chi connectivity index (χ0v) is 14.6. The summed E-state index contributed by atoms with van der Waals surface area (Å²) in [6, 6.07) is 0.899. The van der Waals surface area contributed by atoms with Crippen molar-refractivity contribution in [1.82, 2.24) is 4.90 Å². The molecule has 0 saturated heterocycles. The summed E-state index contributed by atoms with van der Waals surface area (Å²) in [7, 11) is -3.29. The Morgan fingerprint density at radius 1 is 1.29 bits per heavy atom. The molecule has 1 aromatic heterocycles. The van der Waals surface area contributed by atoms with Gasteiger partial charge in [0, 0.05) is 25.4 Å². The first kappa shape index (κ1) is 20.0. The molecule has 136 valence electrons. The number of hydrogen-bond acceptors (Lipinski definition) is 7. The van der Waals surface area contributed by atoms with E-state index in [4.69, 9.17) is 14.9 Å². The highest BCUT2D eigenvalue weighted by Gasteiger charge is 2.26. The molecule has 0 saturated carbocycles. The molecule has 0 aromatic carbocycles. The number of nitrogens with one attached hydrogen (secondary N) is 2. The normalized spacial score (nSPS) is 11.9. The summed E-state index contributed by atoms with van der Waals surface area (Å²) < 4.78 is 26.6. The molecule has 9 nitrogen and oxygen atoms in total. The van der Waals surface area contributed by atoms with E-state index in [9.17, 15) is 18.7 Å². The molecule has 1 heterocycles. The highest BCUT2D eigenvalue weighted by atomic mass is 32.3. The maximum absolute atomic E-state index is 12.7. The molecule has 10 heteroatoms. The minimum absolute atomic E-state index is 0.246. The van der Waals surface area contributed by atoms with Gasteiger partial charge in [-0.05, 0) is 12.8 Å². The Balaban J connectivity index is 3.47. The second kappa shape index (κ2) is 8.18. The molecule has 1 amide bonds. The topological polar surface area (TPSA) is 147 Å². The predicted molar refractivity (Wildman–Crippen MR) is 90.4 cm³/mol. The lowest BCUT2D eigenvalue weighted by atomic mass is 10.2. The van der Waals surface area contributed by atoms with E-state index < -0.39 is 34.2 Å². The Labute approximate surface area is 141 Å². The maximum atomic E-state index is 12.7. The van der Waals surface area contributed by atoms with E-state index in [0.717, 1.165) is 12.3 Å². The number of carboxylic acids is 1. The quantitative estimate of drug-likeness (QED) is 0.477. The third-order valence-electron chi connectivity index (χ3n) is 2.96. The minimum atomic E-state index is -3.29. The SMILES string of the molecule is CCCN(CCC)C(=O)c1oc(C(=O)O)cc(=N)c1NS(C)(O)O. The minimum Gasteiger partial charge on any atom is -0.475 e. The van der Waals surface area contributed by atoms with Gasteiger partial charge in [-0.2, -0.15) is 0 Å². The fourth-order valence-corrected chi connectivity index (χ4v) is 2.65. The lowest BCUT2D eigenvalue weighted by Crippen LogP contribution is -2.34. The van der Waals surface area contributed by atoms with Crippen molar-refractivity contribution in [3.63, 3.8) is 0 Å². The van der Waals surface area contributed by atoms with Gasteiger partial charge in [0.15, 0.2) is 0 Å². The molecule has 0 aliphatic heterocycles. The van der Waals surface area contributed by atoms with Gasteiger partial charge in [0.25, 0.3) is 5.91 Å². The van der Waals surface area contributed by atoms with Crippen molar-refractivity contribution in [3.05, 3.63) is 22.9 Å². The fourth-order valence-electron chi connectivity index (χ4n) is 2.07. The van der Waals surface area contributed by atoms with Crippen LogP contribution in [0.15, 0.2) is 10.5 Å². The summed E-state index contributed by atoms with van der Waals surface area (Å²) in [6.07, 6.45) is 2.45. The Kier molecular flexibility index (Phi) is 6.81. The van der Waals surface area contributed by atoms with Crippen LogP contribution in [0.2, 0.25) is 0 Å². The van der Waals surface area contributed by atoms with Gasteiger partial charge in [-0.25, -0.2) is 4.79 Å². The second-order valence-corrected chi connectivity index (χ2v) is 7.13. The van der Waals surface area contributed by atoms with E-state index in [1.807, 2.05) is 13.8 Å². The van der Waals surface area contributed by atoms with Gasteiger partial charge >= 0.3 is 5.97 Å². The number of carbonyl (C=O) groups is 2. The fraction of sp³-hybridized carbons (Fsp3) is 0.500. The van der Waals surface area contributed by atoms with Gasteiger partial charge in [0.1, 0.15) is 5.69 Å². The number of rotatable bonds is 8. The molecule has 0 radical (unpaired) electrons. The highest BCUT2D eigenvalue weighted by Crippen LogP contribution is 2.34. The van der Waals surface area contributed by atoms with Gasteiger partial charge in [0.05, 0.1) is 5.36 Å². The molecule has 0 unspecified atom stereocenters. The Morgan fingerprint density at radius 2 is 1.83 bits per heavy atom. The molecule has 0 aliphatic carbocycles. The molecule has 0 aliphatic rings. The largest absolute Gasteiger partial charge is 0.475 e. The maximum Gasteiger partial charge on any atom is 0.371 e. The summed E-state index contributed by atoms with van der Waals surface area (Å²) >= 11 is 0. The molecule has 0 fully saturated rings. The van der Waals surface area contributed by atoms with Crippen LogP contribution in [0.25, 0.3) is 0 Å². The van der Waals surface area contributed by atoms with Crippen LogP contribution in [0.1, 0.15) is 47.8 Å². The summed E-state index contributed by atoms with van der Waals surface area (Å²) in [4.78, 5) is 25.3. The summed E-state index contributed by atoms with van der Waals surface area (Å²) in [5.41, 5.74) is -0.246. The number of amides is 1. The average molecular weight is 361 g/mol. The molecule has 5 N–H and O–H groups in total. The Morgan fingerprint density at radius 3 is 2.25 bits per heavy atom. The third-order valence-corrected chi connectivity index (χ3v) is 3.55. The molecule has 0 bridgehead atoms. The zero-order chi connectivity index (χ0) is 18.5. The Hall–Kier alpha value is -2.04. The third kappa shape index (κ3) is 5.25. The van der Waals surface area contributed by atoms with Crippen LogP contribution in [0.4, 0.5) is 5.69 Å². The van der Waals surface area contributed by atoms with Crippen LogP contribution in [0, 0.1) is 5.41 Å². The van der Waals surface area contributed by atoms with Gasteiger partial charge in [-0.1, -0.05) is 13.8 Å². The number of hydrogen-bond donors (Lipinski definition) is 5. The van der Waals surface area contributed by atoms with E-state index in [1.54, 1.807) is 0 Å². The van der Waals surface area contributed by atoms with Crippen LogP contribution < -0.4 is 10.1 Å². The monoisotopic (exact) mass is 361 g/mol. The van der Waals surface area contributed by atoms with Crippen LogP contribution in [0.3, 0.4) is 0 Å². The van der Waals surface area contributed by atoms with Crippen molar-refractivity contribution < 1.29 is 28.2 Å². The van der Waals surface area contributed by atoms with Gasteiger partial charge in [-0.3, -0.25) is 24.0 Å². The molecule has 0 spiro atoms. The predicted octanol–water partition coefficient (Wildman–Crippen LogP) is 2.43. The van der Waals surface area contributed by atoms with Crippen molar-refractivity contribution >= 4 is 28.3 Å². The summed E-state index contributed by atoms with van der Waals surface area (Å²) in [5, 5.41) is 16.6. The number of nitrogens with zero attached hydrogens (tertiary/aromatic N) is 1. The zero-order valence-electron chi connectivity index (χ0n) is 13.8. The second-order valence-electron chi connectivity index (χ2n) is 5.26. The summed E-state index contributed by atoms with van der Waals surface area (Å²) in [6.45, 7) is 4.63. The Bertz CT molecular complexity index is 661. The van der Waals surface area contributed by atoms with E-state index in [1.165, 1.54) is 4.90 Å². The molecule has 1 aromatic rings. The van der Waals surface area contributed by atoms with Crippen molar-refractivity contribution in [2.24, 2.45) is 0 Å². The molecular formula is C14H23N3O6S. The van der Waals surface area contributed by atoms with Gasteiger partial charge in [-0.15, -0.1) is 10.8 Å². The lowest BCUT2D eigenvalue weighted by Gasteiger charge is -2.30.